The van der Waals surface area contributed by atoms with Gasteiger partial charge in [0, 0.05) is 12.2 Å². The molecule has 1 amide bonds. The molecule has 0 N–H and O–H groups in total. The Morgan fingerprint density at radius 2 is 1.97 bits per heavy atom. The van der Waals surface area contributed by atoms with Crippen molar-refractivity contribution < 1.29 is 9.53 Å². The predicted octanol–water partition coefficient (Wildman–Crippen LogP) is 5.32. The van der Waals surface area contributed by atoms with E-state index in [1.54, 1.807) is 15.6 Å². The minimum absolute atomic E-state index is 0.164. The topological polar surface area (TPSA) is 60.2 Å². The van der Waals surface area contributed by atoms with Crippen molar-refractivity contribution in [2.75, 3.05) is 11.5 Å². The lowest BCUT2D eigenvalue weighted by Crippen LogP contribution is -2.30. The number of carbonyl (C=O) groups excluding carboxylic acids is 1. The van der Waals surface area contributed by atoms with Crippen molar-refractivity contribution in [1.29, 1.82) is 0 Å². The van der Waals surface area contributed by atoms with Crippen molar-refractivity contribution >= 4 is 32.6 Å². The monoisotopic (exact) mass is 420 g/mol. The molecule has 0 radical (unpaired) electrons. The Hall–Kier alpha value is -3.19. The van der Waals surface area contributed by atoms with Crippen LogP contribution in [0.4, 0.5) is 5.13 Å². The van der Waals surface area contributed by atoms with Gasteiger partial charge in [-0.3, -0.25) is 14.4 Å². The maximum Gasteiger partial charge on any atom is 0.280 e. The second-order valence-electron chi connectivity index (χ2n) is 7.21. The van der Waals surface area contributed by atoms with Gasteiger partial charge in [-0.25, -0.2) is 4.98 Å². The predicted molar refractivity (Wildman–Crippen MR) is 120 cm³/mol. The van der Waals surface area contributed by atoms with Crippen molar-refractivity contribution in [3.63, 3.8) is 0 Å². The molecule has 0 atom stereocenters. The molecule has 4 aromatic rings. The average Bonchev–Trinajstić information content (AvgIpc) is 3.40. The number of anilines is 1. The van der Waals surface area contributed by atoms with Gasteiger partial charge in [0.15, 0.2) is 10.8 Å². The van der Waals surface area contributed by atoms with Gasteiger partial charge in [-0.2, -0.15) is 5.10 Å². The summed E-state index contributed by atoms with van der Waals surface area (Å²) in [6.45, 7) is 7.05. The molecule has 6 nitrogen and oxygen atoms in total. The zero-order chi connectivity index (χ0) is 21.1. The fraction of sp³-hybridized carbons (Fsp3) is 0.261. The summed E-state index contributed by atoms with van der Waals surface area (Å²) in [5, 5.41) is 5.12. The van der Waals surface area contributed by atoms with Crippen LogP contribution in [0, 0.1) is 0 Å². The number of hydrogen-bond donors (Lipinski definition) is 0. The molecule has 0 saturated heterocycles. The Labute approximate surface area is 179 Å². The quantitative estimate of drug-likeness (QED) is 0.406. The highest BCUT2D eigenvalue weighted by molar-refractivity contribution is 7.22. The lowest BCUT2D eigenvalue weighted by Gasteiger charge is -2.19. The summed E-state index contributed by atoms with van der Waals surface area (Å²) >= 11 is 1.48. The third kappa shape index (κ3) is 4.21. The van der Waals surface area contributed by atoms with E-state index in [4.69, 9.17) is 9.72 Å². The lowest BCUT2D eigenvalue weighted by molar-refractivity contribution is 0.0979. The summed E-state index contributed by atoms with van der Waals surface area (Å²) in [5.74, 6) is 0.638. The molecule has 0 aliphatic heterocycles. The fourth-order valence-corrected chi connectivity index (χ4v) is 4.13. The van der Waals surface area contributed by atoms with Gasteiger partial charge >= 0.3 is 0 Å². The number of rotatable bonds is 7. The Balaban J connectivity index is 1.72. The third-order valence-corrected chi connectivity index (χ3v) is 5.72. The van der Waals surface area contributed by atoms with Crippen LogP contribution in [0.3, 0.4) is 0 Å². The van der Waals surface area contributed by atoms with Crippen LogP contribution in [-0.2, 0) is 6.54 Å². The molecule has 154 valence electrons. The van der Waals surface area contributed by atoms with E-state index in [0.29, 0.717) is 24.0 Å². The van der Waals surface area contributed by atoms with E-state index in [9.17, 15) is 4.79 Å². The number of fused-ring (bicyclic) bond motifs is 1. The van der Waals surface area contributed by atoms with E-state index in [-0.39, 0.29) is 11.9 Å². The summed E-state index contributed by atoms with van der Waals surface area (Å²) < 4.78 is 8.38. The van der Waals surface area contributed by atoms with Crippen LogP contribution in [0.25, 0.3) is 10.2 Å². The molecule has 0 spiro atoms. The molecular weight excluding hydrogens is 396 g/mol. The molecule has 2 heterocycles. The number of hydrogen-bond acceptors (Lipinski definition) is 5. The highest BCUT2D eigenvalue weighted by Gasteiger charge is 2.24. The SMILES string of the molecule is CCOc1ccc2nc(N(Cc3ccccc3)C(=O)c3ccn(C(C)C)n3)sc2c1. The second-order valence-corrected chi connectivity index (χ2v) is 8.22. The first-order valence-corrected chi connectivity index (χ1v) is 10.8. The van der Waals surface area contributed by atoms with E-state index in [1.807, 2.05) is 75.5 Å². The number of thiazole rings is 1. The fourth-order valence-electron chi connectivity index (χ4n) is 3.13. The summed E-state index contributed by atoms with van der Waals surface area (Å²) in [6, 6.07) is 17.7. The average molecular weight is 421 g/mol. The van der Waals surface area contributed by atoms with E-state index >= 15 is 0 Å². The van der Waals surface area contributed by atoms with E-state index < -0.39 is 0 Å². The lowest BCUT2D eigenvalue weighted by atomic mass is 10.2. The van der Waals surface area contributed by atoms with Crippen LogP contribution >= 0.6 is 11.3 Å². The molecule has 4 rings (SSSR count). The van der Waals surface area contributed by atoms with Gasteiger partial charge in [-0.15, -0.1) is 0 Å². The van der Waals surface area contributed by atoms with Crippen LogP contribution in [0.2, 0.25) is 0 Å². The molecule has 0 bridgehead atoms. The number of nitrogens with zero attached hydrogens (tertiary/aromatic N) is 4. The van der Waals surface area contributed by atoms with Gasteiger partial charge in [0.25, 0.3) is 5.91 Å². The maximum absolute atomic E-state index is 13.4. The number of carbonyl (C=O) groups is 1. The Kier molecular flexibility index (Phi) is 5.81. The molecule has 0 saturated carbocycles. The van der Waals surface area contributed by atoms with Gasteiger partial charge < -0.3 is 4.74 Å². The first-order valence-electron chi connectivity index (χ1n) is 9.99. The van der Waals surface area contributed by atoms with E-state index in [0.717, 1.165) is 21.5 Å². The minimum atomic E-state index is -0.164. The summed E-state index contributed by atoms with van der Waals surface area (Å²) in [6.07, 6.45) is 1.84. The summed E-state index contributed by atoms with van der Waals surface area (Å²) in [4.78, 5) is 19.9. The minimum Gasteiger partial charge on any atom is -0.494 e. The van der Waals surface area contributed by atoms with E-state index in [2.05, 4.69) is 5.10 Å². The van der Waals surface area contributed by atoms with Crippen molar-refractivity contribution in [2.24, 2.45) is 0 Å². The normalized spacial score (nSPS) is 11.2. The molecule has 2 aromatic heterocycles. The number of amides is 1. The molecule has 0 aliphatic carbocycles. The van der Waals surface area contributed by atoms with Crippen molar-refractivity contribution in [2.45, 2.75) is 33.4 Å². The first-order chi connectivity index (χ1) is 14.5. The van der Waals surface area contributed by atoms with Crippen molar-refractivity contribution in [3.8, 4) is 5.75 Å². The molecule has 0 fully saturated rings. The van der Waals surface area contributed by atoms with Crippen LogP contribution < -0.4 is 9.64 Å². The zero-order valence-electron chi connectivity index (χ0n) is 17.3. The zero-order valence-corrected chi connectivity index (χ0v) is 18.1. The molecule has 30 heavy (non-hydrogen) atoms. The van der Waals surface area contributed by atoms with Gasteiger partial charge in [-0.05, 0) is 50.6 Å². The largest absolute Gasteiger partial charge is 0.494 e. The van der Waals surface area contributed by atoms with E-state index in [1.165, 1.54) is 11.3 Å². The van der Waals surface area contributed by atoms with Crippen LogP contribution in [0.15, 0.2) is 60.8 Å². The van der Waals surface area contributed by atoms with Crippen molar-refractivity contribution in [1.82, 2.24) is 14.8 Å². The van der Waals surface area contributed by atoms with Crippen LogP contribution in [0.1, 0.15) is 42.9 Å². The van der Waals surface area contributed by atoms with Crippen molar-refractivity contribution in [3.05, 3.63) is 72.1 Å². The summed E-state index contributed by atoms with van der Waals surface area (Å²) in [5.41, 5.74) is 2.29. The molecule has 0 aliphatic rings. The Morgan fingerprint density at radius 1 is 1.17 bits per heavy atom. The molecule has 2 aromatic carbocycles. The maximum atomic E-state index is 13.4. The van der Waals surface area contributed by atoms with Crippen LogP contribution in [-0.4, -0.2) is 27.3 Å². The Bertz CT molecular complexity index is 1150. The Morgan fingerprint density at radius 3 is 2.67 bits per heavy atom. The van der Waals surface area contributed by atoms with Gasteiger partial charge in [0.2, 0.25) is 0 Å². The summed E-state index contributed by atoms with van der Waals surface area (Å²) in [7, 11) is 0. The smallest absolute Gasteiger partial charge is 0.280 e. The number of ether oxygens (including phenoxy) is 1. The van der Waals surface area contributed by atoms with Gasteiger partial charge in [0.1, 0.15) is 5.75 Å². The highest BCUT2D eigenvalue weighted by atomic mass is 32.1. The second kappa shape index (κ2) is 8.67. The number of aromatic nitrogens is 3. The molecular formula is C23H24N4O2S. The standard InChI is InChI=1S/C23H24N4O2S/c1-4-29-18-10-11-19-21(14-18)30-23(24-19)26(15-17-8-6-5-7-9-17)22(28)20-12-13-27(25-20)16(2)3/h5-14,16H,4,15H2,1-3H3. The third-order valence-electron chi connectivity index (χ3n) is 4.68. The number of benzene rings is 2. The van der Waals surface area contributed by atoms with Crippen LogP contribution in [0.5, 0.6) is 5.75 Å². The molecule has 7 heteroatoms. The van der Waals surface area contributed by atoms with Gasteiger partial charge in [0.05, 0.1) is 23.4 Å². The first kappa shape index (κ1) is 20.1. The molecule has 0 unspecified atom stereocenters. The van der Waals surface area contributed by atoms with Gasteiger partial charge in [-0.1, -0.05) is 41.7 Å². The highest BCUT2D eigenvalue weighted by Crippen LogP contribution is 2.33.